The van der Waals surface area contributed by atoms with E-state index in [9.17, 15) is 4.79 Å². The highest BCUT2D eigenvalue weighted by Gasteiger charge is 2.12. The van der Waals surface area contributed by atoms with Crippen LogP contribution in [0.2, 0.25) is 0 Å². The third-order valence-corrected chi connectivity index (χ3v) is 4.23. The van der Waals surface area contributed by atoms with Crippen molar-refractivity contribution in [2.75, 3.05) is 5.75 Å². The molecule has 1 heterocycles. The van der Waals surface area contributed by atoms with Crippen molar-refractivity contribution in [1.82, 2.24) is 9.55 Å². The summed E-state index contributed by atoms with van der Waals surface area (Å²) >= 11 is 3.50. The molecule has 19 heavy (non-hydrogen) atoms. The Kier molecular flexibility index (Phi) is 4.87. The van der Waals surface area contributed by atoms with Gasteiger partial charge in [-0.2, -0.15) is 0 Å². The minimum Gasteiger partial charge on any atom is -0.481 e. The molecule has 0 amide bonds. The summed E-state index contributed by atoms with van der Waals surface area (Å²) in [5.41, 5.74) is 2.09. The van der Waals surface area contributed by atoms with Crippen molar-refractivity contribution in [3.8, 4) is 5.69 Å². The van der Waals surface area contributed by atoms with E-state index in [1.165, 1.54) is 15.3 Å². The summed E-state index contributed by atoms with van der Waals surface area (Å²) in [5, 5.41) is 9.50. The van der Waals surface area contributed by atoms with E-state index in [4.69, 9.17) is 5.11 Å². The number of carbonyl (C=O) groups is 1. The van der Waals surface area contributed by atoms with Crippen molar-refractivity contribution in [1.29, 1.82) is 0 Å². The Hall–Kier alpha value is -1.02. The van der Waals surface area contributed by atoms with Gasteiger partial charge in [0.25, 0.3) is 0 Å². The minimum absolute atomic E-state index is 0.0184. The molecule has 0 bridgehead atoms. The third-order valence-electron chi connectivity index (χ3n) is 2.57. The number of thioether (sulfide) groups is 1. The van der Waals surface area contributed by atoms with Crippen LogP contribution in [0.5, 0.6) is 0 Å². The zero-order valence-corrected chi connectivity index (χ0v) is 13.3. The molecule has 0 saturated heterocycles. The van der Waals surface area contributed by atoms with Gasteiger partial charge in [0.15, 0.2) is 5.16 Å². The monoisotopic (exact) mass is 388 g/mol. The van der Waals surface area contributed by atoms with Gasteiger partial charge in [-0.3, -0.25) is 9.36 Å². The van der Waals surface area contributed by atoms with Gasteiger partial charge >= 0.3 is 5.97 Å². The molecular formula is C13H13IN2O2S. The quantitative estimate of drug-likeness (QED) is 0.632. The van der Waals surface area contributed by atoms with Crippen LogP contribution in [0, 0.1) is 3.57 Å². The lowest BCUT2D eigenvalue weighted by Gasteiger charge is -2.10. The highest BCUT2D eigenvalue weighted by molar-refractivity contribution is 14.1. The molecule has 0 radical (unpaired) electrons. The molecule has 4 nitrogen and oxygen atoms in total. The summed E-state index contributed by atoms with van der Waals surface area (Å²) in [5.74, 6) is -0.815. The van der Waals surface area contributed by atoms with Gasteiger partial charge < -0.3 is 5.11 Å². The van der Waals surface area contributed by atoms with Gasteiger partial charge in [0.2, 0.25) is 0 Å². The number of aryl methyl sites for hydroxylation is 1. The molecular weight excluding hydrogens is 375 g/mol. The molecule has 1 aromatic carbocycles. The average Bonchev–Trinajstić information content (AvgIpc) is 2.80. The molecule has 2 aromatic rings. The van der Waals surface area contributed by atoms with E-state index in [0.717, 1.165) is 23.0 Å². The first-order valence-corrected chi connectivity index (χ1v) is 7.85. The normalized spacial score (nSPS) is 10.6. The third kappa shape index (κ3) is 3.50. The molecule has 0 aliphatic rings. The maximum Gasteiger partial charge on any atom is 0.313 e. The second-order valence-electron chi connectivity index (χ2n) is 3.88. The van der Waals surface area contributed by atoms with Gasteiger partial charge in [-0.1, -0.05) is 18.7 Å². The smallest absolute Gasteiger partial charge is 0.313 e. The van der Waals surface area contributed by atoms with Crippen LogP contribution in [0.15, 0.2) is 35.6 Å². The van der Waals surface area contributed by atoms with Crippen molar-refractivity contribution in [2.45, 2.75) is 18.5 Å². The van der Waals surface area contributed by atoms with Crippen LogP contribution in [0.1, 0.15) is 12.6 Å². The number of rotatable bonds is 5. The first kappa shape index (κ1) is 14.4. The number of carboxylic acid groups (broad SMARTS) is 1. The molecule has 0 saturated carbocycles. The lowest BCUT2D eigenvalue weighted by atomic mass is 10.3. The van der Waals surface area contributed by atoms with Crippen LogP contribution in [0.4, 0.5) is 0 Å². The minimum atomic E-state index is -0.833. The van der Waals surface area contributed by atoms with Crippen LogP contribution in [0.3, 0.4) is 0 Å². The largest absolute Gasteiger partial charge is 0.481 e. The summed E-state index contributed by atoms with van der Waals surface area (Å²) in [6.45, 7) is 2.06. The summed E-state index contributed by atoms with van der Waals surface area (Å²) in [6, 6.07) is 8.10. The van der Waals surface area contributed by atoms with Crippen molar-refractivity contribution in [3.63, 3.8) is 0 Å². The summed E-state index contributed by atoms with van der Waals surface area (Å²) < 4.78 is 3.18. The highest BCUT2D eigenvalue weighted by atomic mass is 127. The fourth-order valence-electron chi connectivity index (χ4n) is 1.71. The first-order valence-electron chi connectivity index (χ1n) is 5.79. The van der Waals surface area contributed by atoms with Gasteiger partial charge in [0, 0.05) is 21.1 Å². The van der Waals surface area contributed by atoms with E-state index in [0.29, 0.717) is 0 Å². The number of aliphatic carboxylic acids is 1. The molecule has 0 unspecified atom stereocenters. The molecule has 1 N–H and O–H groups in total. The Bertz CT molecular complexity index is 581. The van der Waals surface area contributed by atoms with Crippen LogP contribution >= 0.6 is 34.4 Å². The van der Waals surface area contributed by atoms with E-state index in [-0.39, 0.29) is 5.75 Å². The standard InChI is InChI=1S/C13H13IN2O2S/c1-2-10-7-15-13(19-8-12(17)18)16(10)11-5-3-9(14)4-6-11/h3-7H,2,8H2,1H3,(H,17,18). The predicted molar refractivity (Wildman–Crippen MR) is 84.0 cm³/mol. The Morgan fingerprint density at radius 2 is 2.11 bits per heavy atom. The van der Waals surface area contributed by atoms with Gasteiger partial charge in [-0.05, 0) is 53.3 Å². The fraction of sp³-hybridized carbons (Fsp3) is 0.231. The predicted octanol–water partition coefficient (Wildman–Crippen LogP) is 3.22. The summed E-state index contributed by atoms with van der Waals surface area (Å²) in [6.07, 6.45) is 2.66. The van der Waals surface area contributed by atoms with Crippen molar-refractivity contribution in [3.05, 3.63) is 39.7 Å². The van der Waals surface area contributed by atoms with Gasteiger partial charge in [-0.25, -0.2) is 4.98 Å². The number of aromatic nitrogens is 2. The number of hydrogen-bond acceptors (Lipinski definition) is 3. The molecule has 0 aliphatic carbocycles. The Morgan fingerprint density at radius 1 is 1.42 bits per heavy atom. The number of nitrogens with zero attached hydrogens (tertiary/aromatic N) is 2. The Morgan fingerprint density at radius 3 is 2.68 bits per heavy atom. The van der Waals surface area contributed by atoms with E-state index in [1.807, 2.05) is 35.0 Å². The zero-order valence-electron chi connectivity index (χ0n) is 10.3. The summed E-state index contributed by atoms with van der Waals surface area (Å²) in [7, 11) is 0. The number of hydrogen-bond donors (Lipinski definition) is 1. The number of benzene rings is 1. The fourth-order valence-corrected chi connectivity index (χ4v) is 2.80. The lowest BCUT2D eigenvalue weighted by molar-refractivity contribution is -0.133. The second-order valence-corrected chi connectivity index (χ2v) is 6.07. The van der Waals surface area contributed by atoms with E-state index < -0.39 is 5.97 Å². The van der Waals surface area contributed by atoms with Crippen molar-refractivity contribution >= 4 is 40.3 Å². The zero-order chi connectivity index (χ0) is 13.8. The van der Waals surface area contributed by atoms with Crippen molar-refractivity contribution in [2.24, 2.45) is 0 Å². The number of imidazole rings is 1. The Labute approximate surface area is 129 Å². The molecule has 0 spiro atoms. The number of halogens is 1. The topological polar surface area (TPSA) is 55.1 Å². The van der Waals surface area contributed by atoms with E-state index >= 15 is 0 Å². The average molecular weight is 388 g/mol. The highest BCUT2D eigenvalue weighted by Crippen LogP contribution is 2.24. The van der Waals surface area contributed by atoms with Crippen LogP contribution in [0.25, 0.3) is 5.69 Å². The summed E-state index contributed by atoms with van der Waals surface area (Å²) in [4.78, 5) is 15.0. The van der Waals surface area contributed by atoms with Gasteiger partial charge in [-0.15, -0.1) is 0 Å². The molecule has 6 heteroatoms. The first-order chi connectivity index (χ1) is 9.11. The second kappa shape index (κ2) is 6.42. The molecule has 100 valence electrons. The van der Waals surface area contributed by atoms with E-state index in [1.54, 1.807) is 0 Å². The molecule has 0 atom stereocenters. The maximum absolute atomic E-state index is 10.7. The van der Waals surface area contributed by atoms with Gasteiger partial charge in [0.05, 0.1) is 5.75 Å². The Balaban J connectivity index is 2.38. The van der Waals surface area contributed by atoms with Crippen LogP contribution in [-0.4, -0.2) is 26.4 Å². The van der Waals surface area contributed by atoms with E-state index in [2.05, 4.69) is 34.5 Å². The SMILES string of the molecule is CCc1cnc(SCC(=O)O)n1-c1ccc(I)cc1. The molecule has 1 aromatic heterocycles. The lowest BCUT2D eigenvalue weighted by Crippen LogP contribution is -2.04. The van der Waals surface area contributed by atoms with Crippen molar-refractivity contribution < 1.29 is 9.90 Å². The van der Waals surface area contributed by atoms with Crippen LogP contribution < -0.4 is 0 Å². The van der Waals surface area contributed by atoms with Gasteiger partial charge in [0.1, 0.15) is 0 Å². The molecule has 0 aliphatic heterocycles. The molecule has 2 rings (SSSR count). The van der Waals surface area contributed by atoms with Crippen LogP contribution in [-0.2, 0) is 11.2 Å². The molecule has 0 fully saturated rings. The maximum atomic E-state index is 10.7. The number of carboxylic acids is 1.